The Morgan fingerprint density at radius 3 is 1.41 bits per heavy atom. The van der Waals surface area contributed by atoms with Crippen LogP contribution in [0, 0.1) is 11.8 Å². The second kappa shape index (κ2) is 23.8. The number of methoxy groups -OCH3 is 11. The molecule has 71 heavy (non-hydrogen) atoms. The second-order valence-electron chi connectivity index (χ2n) is 17.8. The summed E-state index contributed by atoms with van der Waals surface area (Å²) in [6, 6.07) is 13.5. The molecule has 4 atom stereocenters. The Kier molecular flexibility index (Phi) is 17.9. The van der Waals surface area contributed by atoms with Crippen LogP contribution in [0.1, 0.15) is 58.3 Å². The van der Waals surface area contributed by atoms with Gasteiger partial charge in [0.1, 0.15) is 12.1 Å². The third-order valence-corrected chi connectivity index (χ3v) is 13.9. The van der Waals surface area contributed by atoms with Crippen molar-refractivity contribution in [3.63, 3.8) is 0 Å². The van der Waals surface area contributed by atoms with Crippen molar-refractivity contribution in [1.82, 2.24) is 0 Å². The van der Waals surface area contributed by atoms with Crippen molar-refractivity contribution in [3.8, 4) is 75.1 Å². The minimum Gasteiger partial charge on any atom is -0.493 e. The van der Waals surface area contributed by atoms with Crippen molar-refractivity contribution >= 4 is 11.9 Å². The fourth-order valence-electron chi connectivity index (χ4n) is 10.4. The number of carbonyl (C=O) groups excluding carboxylic acids is 2. The quantitative estimate of drug-likeness (QED) is 0.0269. The van der Waals surface area contributed by atoms with Crippen LogP contribution in [-0.4, -0.2) is 153 Å². The number of nitrogens with zero attached hydrogens (tertiary/aromatic N) is 2. The van der Waals surface area contributed by atoms with Crippen LogP contribution in [0.2, 0.25) is 0 Å². The maximum absolute atomic E-state index is 12.9. The van der Waals surface area contributed by atoms with Gasteiger partial charge in [-0.1, -0.05) is 6.07 Å². The van der Waals surface area contributed by atoms with Gasteiger partial charge in [-0.2, -0.15) is 0 Å². The summed E-state index contributed by atoms with van der Waals surface area (Å²) in [6.45, 7) is 2.96. The van der Waals surface area contributed by atoms with E-state index in [9.17, 15) is 9.59 Å². The number of fused-ring (bicyclic) bond motifs is 2. The minimum atomic E-state index is -0.822. The summed E-state index contributed by atoms with van der Waals surface area (Å²) in [5.74, 6) is 9.14. The molecule has 6 rings (SSSR count). The molecule has 4 unspecified atom stereocenters. The van der Waals surface area contributed by atoms with E-state index in [1.165, 1.54) is 0 Å². The van der Waals surface area contributed by atoms with E-state index in [0.717, 1.165) is 52.9 Å². The summed E-state index contributed by atoms with van der Waals surface area (Å²) in [5, 5.41) is 0. The number of carbonyl (C=O) groups is 2. The van der Waals surface area contributed by atoms with Crippen molar-refractivity contribution < 1.29 is 80.1 Å². The van der Waals surface area contributed by atoms with Gasteiger partial charge in [0.15, 0.2) is 46.0 Å². The van der Waals surface area contributed by atoms with Crippen molar-refractivity contribution in [3.05, 3.63) is 75.8 Å². The van der Waals surface area contributed by atoms with Gasteiger partial charge in [-0.3, -0.25) is 0 Å². The Morgan fingerprint density at radius 2 is 0.930 bits per heavy atom. The number of esters is 2. The van der Waals surface area contributed by atoms with Gasteiger partial charge in [0.2, 0.25) is 17.2 Å². The smallest absolute Gasteiger partial charge is 0.384 e. The predicted molar refractivity (Wildman–Crippen MR) is 264 cm³/mol. The lowest BCUT2D eigenvalue weighted by Crippen LogP contribution is -2.52. The van der Waals surface area contributed by atoms with E-state index in [2.05, 4.69) is 25.9 Å². The summed E-state index contributed by atoms with van der Waals surface area (Å²) >= 11 is 0. The lowest BCUT2D eigenvalue weighted by molar-refractivity contribution is -0.941. The van der Waals surface area contributed by atoms with Crippen molar-refractivity contribution in [2.45, 2.75) is 44.2 Å². The fourth-order valence-corrected chi connectivity index (χ4v) is 10.4. The Hall–Kier alpha value is -6.90. The van der Waals surface area contributed by atoms with Crippen LogP contribution in [0.25, 0.3) is 0 Å². The van der Waals surface area contributed by atoms with Crippen LogP contribution in [0.4, 0.5) is 0 Å². The number of quaternary nitrogens is 2. The molecule has 0 N–H and O–H groups in total. The molecule has 0 radical (unpaired) electrons. The van der Waals surface area contributed by atoms with Crippen LogP contribution >= 0.6 is 0 Å². The molecule has 4 aromatic rings. The third kappa shape index (κ3) is 11.2. The van der Waals surface area contributed by atoms with Gasteiger partial charge >= 0.3 is 11.9 Å². The first-order valence-electron chi connectivity index (χ1n) is 23.4. The molecule has 0 aromatic heterocycles. The van der Waals surface area contributed by atoms with Gasteiger partial charge < -0.3 is 70.5 Å². The molecule has 4 aromatic carbocycles. The van der Waals surface area contributed by atoms with Gasteiger partial charge in [0, 0.05) is 49.5 Å². The lowest BCUT2D eigenvalue weighted by Gasteiger charge is -2.46. The van der Waals surface area contributed by atoms with Crippen LogP contribution in [-0.2, 0) is 38.3 Å². The van der Waals surface area contributed by atoms with Gasteiger partial charge in [0.05, 0.1) is 143 Å². The number of rotatable bonds is 22. The standard InChI is InChI=1S/C54H70N2O15/c1-55(24-20-35-30-43(63-7)51(66-10)53(68-12)47(35)38(55)28-34-16-17-39(59-3)40(29-34)60-4)22-14-26-70-45(57)18-19-46(58)71-27-15-23-56(2)25-21-36-31-44(64-8)52(67-11)54(69-13)48(36)49(56)37-32-41(61-5)50(65-9)42(33-37)62-6/h16-17,29-33,38,49H,14-15,20-28H2,1-13H3/q+2. The second-order valence-corrected chi connectivity index (χ2v) is 17.8. The minimum absolute atomic E-state index is 0.0713. The summed E-state index contributed by atoms with van der Waals surface area (Å²) in [4.78, 5) is 25.8. The summed E-state index contributed by atoms with van der Waals surface area (Å²) in [5.41, 5.74) is 6.07. The Labute approximate surface area is 417 Å². The average Bonchev–Trinajstić information content (AvgIpc) is 3.39. The van der Waals surface area contributed by atoms with Gasteiger partial charge in [-0.05, 0) is 53.1 Å². The van der Waals surface area contributed by atoms with E-state index >= 15 is 0 Å². The highest BCUT2D eigenvalue weighted by atomic mass is 16.6. The first kappa shape index (κ1) is 53.5. The van der Waals surface area contributed by atoms with Crippen LogP contribution in [0.15, 0.2) is 42.5 Å². The van der Waals surface area contributed by atoms with E-state index in [1.54, 1.807) is 78.2 Å². The lowest BCUT2D eigenvalue weighted by atomic mass is 9.84. The SMILES string of the molecule is COc1ccc(CC2c3c(cc(OC)c(OC)c3OC)CC[N+]2(C)CCCOC(=O)C#CC(=O)OCCC[N+]2(C)CCc3cc(OC)c(OC)c(OC)c3C2c2cc(OC)c(OC)c(OC)c2)cc1OC. The molecule has 2 aliphatic heterocycles. The normalized spacial score (nSPS) is 18.8. The first-order valence-corrected chi connectivity index (χ1v) is 23.4. The maximum atomic E-state index is 12.9. The predicted octanol–water partition coefficient (Wildman–Crippen LogP) is 6.73. The van der Waals surface area contributed by atoms with Crippen molar-refractivity contribution in [1.29, 1.82) is 0 Å². The largest absolute Gasteiger partial charge is 0.493 e. The fraction of sp³-hybridized carbons (Fsp3) is 0.481. The Bertz CT molecular complexity index is 2580. The Balaban J connectivity index is 1.12. The number of benzene rings is 4. The first-order chi connectivity index (χ1) is 34.2. The number of hydrogen-bond donors (Lipinski definition) is 0. The molecule has 0 spiro atoms. The number of likely N-dealkylation sites (N-methyl/N-ethyl adjacent to an activating group) is 2. The van der Waals surface area contributed by atoms with E-state index in [-0.39, 0.29) is 25.3 Å². The van der Waals surface area contributed by atoms with E-state index in [1.807, 2.05) is 42.5 Å². The molecular weight excluding hydrogens is 917 g/mol. The summed E-state index contributed by atoms with van der Waals surface area (Å²) in [6.07, 6.45) is 3.14. The monoisotopic (exact) mass is 986 g/mol. The molecule has 2 heterocycles. The molecule has 17 heteroatoms. The summed E-state index contributed by atoms with van der Waals surface area (Å²) < 4.78 is 75.8. The summed E-state index contributed by atoms with van der Waals surface area (Å²) in [7, 11) is 22.0. The molecule has 0 amide bonds. The van der Waals surface area contributed by atoms with Crippen LogP contribution in [0.5, 0.6) is 63.2 Å². The van der Waals surface area contributed by atoms with Crippen LogP contribution in [0.3, 0.4) is 0 Å². The number of ether oxygens (including phenoxy) is 13. The average molecular weight is 987 g/mol. The van der Waals surface area contributed by atoms with Gasteiger partial charge in [0.25, 0.3) is 0 Å². The molecular formula is C54H70N2O15+2. The molecule has 0 aliphatic carbocycles. The van der Waals surface area contributed by atoms with E-state index in [0.29, 0.717) is 111 Å². The topological polar surface area (TPSA) is 154 Å². The highest BCUT2D eigenvalue weighted by molar-refractivity contribution is 5.98. The highest BCUT2D eigenvalue weighted by Crippen LogP contribution is 2.54. The zero-order valence-electron chi connectivity index (χ0n) is 43.5. The van der Waals surface area contributed by atoms with Crippen molar-refractivity contribution in [2.24, 2.45) is 0 Å². The molecule has 384 valence electrons. The van der Waals surface area contributed by atoms with Gasteiger partial charge in [-0.25, -0.2) is 9.59 Å². The Morgan fingerprint density at radius 1 is 0.493 bits per heavy atom. The highest BCUT2D eigenvalue weighted by Gasteiger charge is 2.45. The molecule has 0 fully saturated rings. The number of hydrogen-bond acceptors (Lipinski definition) is 15. The third-order valence-electron chi connectivity index (χ3n) is 13.9. The van der Waals surface area contributed by atoms with E-state index < -0.39 is 11.9 Å². The molecule has 0 saturated heterocycles. The molecule has 17 nitrogen and oxygen atoms in total. The zero-order chi connectivity index (χ0) is 51.5. The van der Waals surface area contributed by atoms with E-state index in [4.69, 9.17) is 61.6 Å². The van der Waals surface area contributed by atoms with Crippen LogP contribution < -0.4 is 52.1 Å². The maximum Gasteiger partial charge on any atom is 0.384 e. The van der Waals surface area contributed by atoms with Gasteiger partial charge in [-0.15, -0.1) is 0 Å². The zero-order valence-corrected chi connectivity index (χ0v) is 43.5. The molecule has 0 saturated carbocycles. The van der Waals surface area contributed by atoms with Crippen molar-refractivity contribution in [2.75, 3.05) is 132 Å². The molecule has 0 bridgehead atoms. The molecule has 2 aliphatic rings.